The molecule has 0 fully saturated rings. The van der Waals surface area contributed by atoms with E-state index in [-0.39, 0.29) is 0 Å². The molecule has 0 saturated heterocycles. The Bertz CT molecular complexity index is 859. The minimum absolute atomic E-state index is 0.399. The van der Waals surface area contributed by atoms with Crippen molar-refractivity contribution in [3.05, 3.63) is 38.4 Å². The monoisotopic (exact) mass is 364 g/mol. The molecule has 0 spiro atoms. The molecule has 3 rings (SSSR count). The summed E-state index contributed by atoms with van der Waals surface area (Å²) in [7, 11) is -3.64. The van der Waals surface area contributed by atoms with Crippen LogP contribution in [0.3, 0.4) is 0 Å². The Morgan fingerprint density at radius 1 is 0.875 bits per heavy atom. The van der Waals surface area contributed by atoms with Crippen LogP contribution in [0, 0.1) is 34.6 Å². The maximum Gasteiger partial charge on any atom is 0.264 e. The Labute approximate surface area is 148 Å². The van der Waals surface area contributed by atoms with E-state index in [1.165, 1.54) is 16.2 Å². The second-order valence-corrected chi connectivity index (χ2v) is 9.36. The van der Waals surface area contributed by atoms with Crippen molar-refractivity contribution in [2.75, 3.05) is 4.72 Å². The van der Waals surface area contributed by atoms with Crippen molar-refractivity contribution in [1.82, 2.24) is 4.98 Å². The van der Waals surface area contributed by atoms with Gasteiger partial charge in [0.15, 0.2) is 5.13 Å². The van der Waals surface area contributed by atoms with Crippen LogP contribution in [-0.4, -0.2) is 13.4 Å². The first-order valence-electron chi connectivity index (χ1n) is 8.30. The normalized spacial score (nSPS) is 14.5. The van der Waals surface area contributed by atoms with Crippen LogP contribution < -0.4 is 4.72 Å². The molecule has 4 nitrogen and oxygen atoms in total. The molecule has 0 atom stereocenters. The first kappa shape index (κ1) is 17.4. The van der Waals surface area contributed by atoms with E-state index in [9.17, 15) is 8.42 Å². The van der Waals surface area contributed by atoms with Crippen molar-refractivity contribution < 1.29 is 8.42 Å². The smallest absolute Gasteiger partial charge is 0.255 e. The number of fused-ring (bicyclic) bond motifs is 1. The number of thiazole rings is 1. The largest absolute Gasteiger partial charge is 0.264 e. The zero-order valence-corrected chi connectivity index (χ0v) is 16.5. The number of nitrogens with zero attached hydrogens (tertiary/aromatic N) is 1. The van der Waals surface area contributed by atoms with Crippen LogP contribution in [0.5, 0.6) is 0 Å². The minimum atomic E-state index is -3.64. The van der Waals surface area contributed by atoms with Crippen LogP contribution in [0.15, 0.2) is 4.90 Å². The molecule has 0 unspecified atom stereocenters. The van der Waals surface area contributed by atoms with Gasteiger partial charge in [0.1, 0.15) is 0 Å². The van der Waals surface area contributed by atoms with E-state index < -0.39 is 10.0 Å². The summed E-state index contributed by atoms with van der Waals surface area (Å²) in [4.78, 5) is 6.14. The standard InChI is InChI=1S/C18H24N2O2S2/c1-10-11(2)13(4)17(14(5)12(10)3)24(21,22)20-18-19-15-8-6-7-9-16(15)23-18/h6-9H2,1-5H3,(H,19,20). The highest BCUT2D eigenvalue weighted by Crippen LogP contribution is 2.34. The van der Waals surface area contributed by atoms with E-state index in [1.807, 2.05) is 34.6 Å². The molecule has 0 radical (unpaired) electrons. The topological polar surface area (TPSA) is 59.1 Å². The lowest BCUT2D eigenvalue weighted by Gasteiger charge is -2.18. The third-order valence-corrected chi connectivity index (χ3v) is 8.08. The number of aryl methyl sites for hydroxylation is 2. The molecule has 6 heteroatoms. The van der Waals surface area contributed by atoms with Crippen molar-refractivity contribution in [3.63, 3.8) is 0 Å². The summed E-state index contributed by atoms with van der Waals surface area (Å²) < 4.78 is 28.8. The molecule has 1 N–H and O–H groups in total. The Morgan fingerprint density at radius 2 is 1.42 bits per heavy atom. The summed E-state index contributed by atoms with van der Waals surface area (Å²) >= 11 is 1.48. The molecule has 0 bridgehead atoms. The number of rotatable bonds is 3. The number of sulfonamides is 1. The molecule has 130 valence electrons. The van der Waals surface area contributed by atoms with Crippen molar-refractivity contribution >= 4 is 26.5 Å². The van der Waals surface area contributed by atoms with Crippen molar-refractivity contribution in [2.24, 2.45) is 0 Å². The van der Waals surface area contributed by atoms with Gasteiger partial charge in [-0.1, -0.05) is 0 Å². The lowest BCUT2D eigenvalue weighted by molar-refractivity contribution is 0.599. The fraction of sp³-hybridized carbons (Fsp3) is 0.500. The molecular formula is C18H24N2O2S2. The van der Waals surface area contributed by atoms with Crippen molar-refractivity contribution in [3.8, 4) is 0 Å². The highest BCUT2D eigenvalue weighted by Gasteiger charge is 2.25. The van der Waals surface area contributed by atoms with Gasteiger partial charge in [-0.15, -0.1) is 11.3 Å². The number of anilines is 1. The Hall–Kier alpha value is -1.40. The molecule has 1 aromatic heterocycles. The molecule has 0 aliphatic heterocycles. The van der Waals surface area contributed by atoms with Gasteiger partial charge < -0.3 is 0 Å². The quantitative estimate of drug-likeness (QED) is 0.880. The summed E-state index contributed by atoms with van der Waals surface area (Å²) in [6.07, 6.45) is 4.26. The summed E-state index contributed by atoms with van der Waals surface area (Å²) in [5.74, 6) is 0. The van der Waals surface area contributed by atoms with Crippen LogP contribution in [-0.2, 0) is 22.9 Å². The second kappa shape index (κ2) is 6.15. The number of nitrogens with one attached hydrogen (secondary N) is 1. The Morgan fingerprint density at radius 3 is 2.00 bits per heavy atom. The molecule has 2 aromatic rings. The Kier molecular flexibility index (Phi) is 4.47. The van der Waals surface area contributed by atoms with E-state index in [0.29, 0.717) is 10.0 Å². The maximum atomic E-state index is 13.0. The van der Waals surface area contributed by atoms with E-state index in [4.69, 9.17) is 0 Å². The Balaban J connectivity index is 2.04. The highest BCUT2D eigenvalue weighted by molar-refractivity contribution is 7.93. The van der Waals surface area contributed by atoms with E-state index in [2.05, 4.69) is 9.71 Å². The zero-order chi connectivity index (χ0) is 17.6. The first-order chi connectivity index (χ1) is 11.2. The summed E-state index contributed by atoms with van der Waals surface area (Å²) in [5, 5.41) is 0.497. The molecule has 1 aliphatic carbocycles. The van der Waals surface area contributed by atoms with Crippen LogP contribution in [0.25, 0.3) is 0 Å². The van der Waals surface area contributed by atoms with E-state index >= 15 is 0 Å². The van der Waals surface area contributed by atoms with Gasteiger partial charge in [0, 0.05) is 4.88 Å². The predicted octanol–water partition coefficient (Wildman–Crippen LogP) is 4.36. The molecule has 1 aliphatic rings. The molecule has 1 aromatic carbocycles. The molecule has 0 amide bonds. The maximum absolute atomic E-state index is 13.0. The fourth-order valence-electron chi connectivity index (χ4n) is 3.43. The summed E-state index contributed by atoms with van der Waals surface area (Å²) in [6.45, 7) is 9.78. The van der Waals surface area contributed by atoms with Crippen LogP contribution in [0.4, 0.5) is 5.13 Å². The third-order valence-electron chi connectivity index (χ3n) is 5.27. The van der Waals surface area contributed by atoms with E-state index in [0.717, 1.165) is 59.2 Å². The lowest BCUT2D eigenvalue weighted by atomic mass is 9.95. The second-order valence-electron chi connectivity index (χ2n) is 6.66. The minimum Gasteiger partial charge on any atom is -0.255 e. The van der Waals surface area contributed by atoms with E-state index in [1.54, 1.807) is 0 Å². The van der Waals surface area contributed by atoms with Crippen molar-refractivity contribution in [2.45, 2.75) is 65.2 Å². The van der Waals surface area contributed by atoms with Gasteiger partial charge in [-0.2, -0.15) is 0 Å². The third kappa shape index (κ3) is 2.86. The number of benzene rings is 1. The zero-order valence-electron chi connectivity index (χ0n) is 14.9. The lowest BCUT2D eigenvalue weighted by Crippen LogP contribution is -2.17. The highest BCUT2D eigenvalue weighted by atomic mass is 32.2. The molecule has 0 saturated carbocycles. The SMILES string of the molecule is Cc1c(C)c(C)c(S(=O)(=O)Nc2nc3c(s2)CCCC3)c(C)c1C. The average molecular weight is 365 g/mol. The van der Waals surface area contributed by atoms with Crippen LogP contribution in [0.1, 0.15) is 51.2 Å². The van der Waals surface area contributed by atoms with Gasteiger partial charge in [-0.25, -0.2) is 13.4 Å². The molecule has 1 heterocycles. The summed E-state index contributed by atoms with van der Waals surface area (Å²) in [5.41, 5.74) is 5.95. The van der Waals surface area contributed by atoms with Gasteiger partial charge >= 0.3 is 0 Å². The van der Waals surface area contributed by atoms with Gasteiger partial charge in [0.25, 0.3) is 10.0 Å². The van der Waals surface area contributed by atoms with Gasteiger partial charge in [0.05, 0.1) is 10.6 Å². The summed E-state index contributed by atoms with van der Waals surface area (Å²) in [6, 6.07) is 0. The fourth-order valence-corrected chi connectivity index (χ4v) is 6.32. The number of hydrogen-bond acceptors (Lipinski definition) is 4. The van der Waals surface area contributed by atoms with Gasteiger partial charge in [-0.3, -0.25) is 4.72 Å². The van der Waals surface area contributed by atoms with Gasteiger partial charge in [-0.05, 0) is 88.1 Å². The molecular weight excluding hydrogens is 340 g/mol. The van der Waals surface area contributed by atoms with Crippen LogP contribution >= 0.6 is 11.3 Å². The first-order valence-corrected chi connectivity index (χ1v) is 10.6. The van der Waals surface area contributed by atoms with Gasteiger partial charge in [0.2, 0.25) is 0 Å². The predicted molar refractivity (Wildman–Crippen MR) is 99.7 cm³/mol. The van der Waals surface area contributed by atoms with Crippen molar-refractivity contribution in [1.29, 1.82) is 0 Å². The average Bonchev–Trinajstić information content (AvgIpc) is 2.92. The number of hydrogen-bond donors (Lipinski definition) is 1. The molecule has 24 heavy (non-hydrogen) atoms. The van der Waals surface area contributed by atoms with Crippen LogP contribution in [0.2, 0.25) is 0 Å². The number of aromatic nitrogens is 1.